The Morgan fingerprint density at radius 1 is 1.56 bits per heavy atom. The summed E-state index contributed by atoms with van der Waals surface area (Å²) in [6.45, 7) is 2.86. The van der Waals surface area contributed by atoms with Gasteiger partial charge in [-0.15, -0.1) is 0 Å². The second-order valence-electron chi connectivity index (χ2n) is 4.86. The fraction of sp³-hybridized carbons (Fsp3) is 0.615. The van der Waals surface area contributed by atoms with Crippen LogP contribution in [-0.4, -0.2) is 42.5 Å². The van der Waals surface area contributed by atoms with E-state index in [0.29, 0.717) is 5.69 Å². The van der Waals surface area contributed by atoms with Crippen LogP contribution in [0, 0.1) is 9.49 Å². The van der Waals surface area contributed by atoms with Crippen molar-refractivity contribution in [1.29, 1.82) is 0 Å². The highest BCUT2D eigenvalue weighted by molar-refractivity contribution is 14.1. The van der Waals surface area contributed by atoms with Crippen LogP contribution in [0.4, 0.5) is 0 Å². The lowest BCUT2D eigenvalue weighted by Gasteiger charge is -2.31. The van der Waals surface area contributed by atoms with Crippen molar-refractivity contribution >= 4 is 28.5 Å². The predicted octanol–water partition coefficient (Wildman–Crippen LogP) is 2.08. The molecule has 100 valence electrons. The highest BCUT2D eigenvalue weighted by Gasteiger charge is 2.23. The first-order chi connectivity index (χ1) is 8.70. The zero-order valence-corrected chi connectivity index (χ0v) is 12.9. The summed E-state index contributed by atoms with van der Waals surface area (Å²) in [6.07, 6.45) is 5.35. The average Bonchev–Trinajstić information content (AvgIpc) is 2.83. The molecule has 0 bridgehead atoms. The van der Waals surface area contributed by atoms with Gasteiger partial charge in [-0.3, -0.25) is 4.79 Å². The molecule has 0 unspecified atom stereocenters. The van der Waals surface area contributed by atoms with Crippen LogP contribution in [0.2, 0.25) is 0 Å². The molecule has 1 amide bonds. The molecular formula is C13H20IN3O. The number of likely N-dealkylation sites (tertiary alicyclic amines) is 1. The fourth-order valence-electron chi connectivity index (χ4n) is 2.43. The average molecular weight is 361 g/mol. The van der Waals surface area contributed by atoms with Gasteiger partial charge in [0.15, 0.2) is 0 Å². The summed E-state index contributed by atoms with van der Waals surface area (Å²) in [5, 5.41) is 3.19. The molecule has 5 heteroatoms. The minimum Gasteiger partial charge on any atom is -0.356 e. The second-order valence-corrected chi connectivity index (χ2v) is 6.11. The van der Waals surface area contributed by atoms with Crippen LogP contribution in [0.25, 0.3) is 0 Å². The van der Waals surface area contributed by atoms with Gasteiger partial charge in [0.05, 0.1) is 0 Å². The maximum absolute atomic E-state index is 12.2. The zero-order chi connectivity index (χ0) is 13.0. The summed E-state index contributed by atoms with van der Waals surface area (Å²) in [4.78, 5) is 17.2. The Balaban J connectivity index is 1.84. The van der Waals surface area contributed by atoms with Crippen LogP contribution >= 0.6 is 22.6 Å². The van der Waals surface area contributed by atoms with Crippen molar-refractivity contribution in [3.63, 3.8) is 0 Å². The number of rotatable bonds is 4. The number of H-pyrrole nitrogens is 1. The minimum atomic E-state index is 0.144. The smallest absolute Gasteiger partial charge is 0.270 e. The molecule has 0 atom stereocenters. The number of aromatic nitrogens is 1. The van der Waals surface area contributed by atoms with Gasteiger partial charge < -0.3 is 15.2 Å². The summed E-state index contributed by atoms with van der Waals surface area (Å²) in [5.41, 5.74) is 0.716. The summed E-state index contributed by atoms with van der Waals surface area (Å²) in [5.74, 6) is 0.912. The van der Waals surface area contributed by atoms with Crippen LogP contribution in [0.1, 0.15) is 29.8 Å². The van der Waals surface area contributed by atoms with Gasteiger partial charge in [0.1, 0.15) is 5.69 Å². The lowest BCUT2D eigenvalue weighted by Crippen LogP contribution is -2.39. The Labute approximate surface area is 122 Å². The van der Waals surface area contributed by atoms with E-state index in [0.717, 1.165) is 42.0 Å². The predicted molar refractivity (Wildman–Crippen MR) is 80.7 cm³/mol. The number of carbonyl (C=O) groups is 1. The van der Waals surface area contributed by atoms with Crippen LogP contribution < -0.4 is 5.32 Å². The van der Waals surface area contributed by atoms with Crippen molar-refractivity contribution in [2.45, 2.75) is 19.3 Å². The maximum atomic E-state index is 12.2. The van der Waals surface area contributed by atoms with Gasteiger partial charge in [-0.1, -0.05) is 0 Å². The molecule has 2 rings (SSSR count). The van der Waals surface area contributed by atoms with Gasteiger partial charge in [-0.05, 0) is 67.4 Å². The van der Waals surface area contributed by atoms with Crippen molar-refractivity contribution < 1.29 is 4.79 Å². The Kier molecular flexibility index (Phi) is 5.05. The molecule has 2 heterocycles. The molecular weight excluding hydrogens is 341 g/mol. The highest BCUT2D eigenvalue weighted by atomic mass is 127. The van der Waals surface area contributed by atoms with Gasteiger partial charge in [0, 0.05) is 22.9 Å². The first-order valence-electron chi connectivity index (χ1n) is 6.48. The van der Waals surface area contributed by atoms with Crippen molar-refractivity contribution in [3.8, 4) is 0 Å². The molecule has 0 spiro atoms. The zero-order valence-electron chi connectivity index (χ0n) is 10.7. The number of hydrogen-bond donors (Lipinski definition) is 2. The SMILES string of the molecule is CNCCC1CCN(C(=O)c2cc(I)c[nH]2)CC1. The number of carbonyl (C=O) groups excluding carboxylic acids is 1. The molecule has 0 aromatic carbocycles. The maximum Gasteiger partial charge on any atom is 0.270 e. The van der Waals surface area contributed by atoms with Crippen molar-refractivity contribution in [2.24, 2.45) is 5.92 Å². The Morgan fingerprint density at radius 3 is 2.83 bits per heavy atom. The monoisotopic (exact) mass is 361 g/mol. The molecule has 1 saturated heterocycles. The summed E-state index contributed by atoms with van der Waals surface area (Å²) in [7, 11) is 1.99. The lowest BCUT2D eigenvalue weighted by atomic mass is 9.93. The van der Waals surface area contributed by atoms with Gasteiger partial charge in [0.25, 0.3) is 5.91 Å². The largest absolute Gasteiger partial charge is 0.356 e. The number of piperidine rings is 1. The molecule has 1 aromatic heterocycles. The first kappa shape index (κ1) is 13.9. The number of halogens is 1. The molecule has 0 saturated carbocycles. The summed E-state index contributed by atoms with van der Waals surface area (Å²) < 4.78 is 1.08. The van der Waals surface area contributed by atoms with E-state index in [2.05, 4.69) is 32.9 Å². The molecule has 0 radical (unpaired) electrons. The molecule has 4 nitrogen and oxygen atoms in total. The highest BCUT2D eigenvalue weighted by Crippen LogP contribution is 2.21. The van der Waals surface area contributed by atoms with E-state index < -0.39 is 0 Å². The molecule has 2 N–H and O–H groups in total. The third-order valence-corrected chi connectivity index (χ3v) is 4.21. The van der Waals surface area contributed by atoms with Crippen molar-refractivity contribution in [1.82, 2.24) is 15.2 Å². The third-order valence-electron chi connectivity index (χ3n) is 3.58. The number of aromatic amines is 1. The van der Waals surface area contributed by atoms with Crippen molar-refractivity contribution in [3.05, 3.63) is 21.5 Å². The Bertz CT molecular complexity index is 397. The number of nitrogens with one attached hydrogen (secondary N) is 2. The number of nitrogens with zero attached hydrogens (tertiary/aromatic N) is 1. The first-order valence-corrected chi connectivity index (χ1v) is 7.56. The molecule has 1 aromatic rings. The van der Waals surface area contributed by atoms with Gasteiger partial charge in [-0.2, -0.15) is 0 Å². The standard InChI is InChI=1S/C13H20IN3O/c1-15-5-2-10-3-6-17(7-4-10)13(18)12-8-11(14)9-16-12/h8-10,15-16H,2-7H2,1H3. The Hall–Kier alpha value is -0.560. The molecule has 1 fully saturated rings. The van der Waals surface area contributed by atoms with Crippen molar-refractivity contribution in [2.75, 3.05) is 26.7 Å². The van der Waals surface area contributed by atoms with Crippen LogP contribution in [0.3, 0.4) is 0 Å². The van der Waals surface area contributed by atoms with E-state index in [1.165, 1.54) is 6.42 Å². The van der Waals surface area contributed by atoms with Gasteiger partial charge in [-0.25, -0.2) is 0 Å². The van der Waals surface area contributed by atoms with E-state index in [1.807, 2.05) is 24.2 Å². The molecule has 0 aliphatic carbocycles. The van der Waals surface area contributed by atoms with E-state index in [1.54, 1.807) is 0 Å². The Morgan fingerprint density at radius 2 is 2.28 bits per heavy atom. The molecule has 1 aliphatic heterocycles. The van der Waals surface area contributed by atoms with E-state index in [9.17, 15) is 4.79 Å². The normalized spacial score (nSPS) is 17.1. The number of amides is 1. The molecule has 1 aliphatic rings. The summed E-state index contributed by atoms with van der Waals surface area (Å²) >= 11 is 2.21. The van der Waals surface area contributed by atoms with Crippen LogP contribution in [-0.2, 0) is 0 Å². The van der Waals surface area contributed by atoms with E-state index >= 15 is 0 Å². The molecule has 18 heavy (non-hydrogen) atoms. The van der Waals surface area contributed by atoms with Crippen LogP contribution in [0.5, 0.6) is 0 Å². The second kappa shape index (κ2) is 6.56. The lowest BCUT2D eigenvalue weighted by molar-refractivity contribution is 0.0682. The van der Waals surface area contributed by atoms with E-state index in [4.69, 9.17) is 0 Å². The van der Waals surface area contributed by atoms with Gasteiger partial charge >= 0.3 is 0 Å². The number of hydrogen-bond acceptors (Lipinski definition) is 2. The summed E-state index contributed by atoms with van der Waals surface area (Å²) in [6, 6.07) is 1.91. The fourth-order valence-corrected chi connectivity index (χ4v) is 2.90. The van der Waals surface area contributed by atoms with Crippen LogP contribution in [0.15, 0.2) is 12.3 Å². The van der Waals surface area contributed by atoms with Gasteiger partial charge in [0.2, 0.25) is 0 Å². The minimum absolute atomic E-state index is 0.144. The topological polar surface area (TPSA) is 48.1 Å². The third kappa shape index (κ3) is 3.47. The quantitative estimate of drug-likeness (QED) is 0.807. The van der Waals surface area contributed by atoms with E-state index in [-0.39, 0.29) is 5.91 Å².